The van der Waals surface area contributed by atoms with Crippen molar-refractivity contribution in [2.45, 2.75) is 33.2 Å². The maximum Gasteiger partial charge on any atom is 0.251 e. The van der Waals surface area contributed by atoms with E-state index in [1.54, 1.807) is 6.07 Å². The molecule has 0 unspecified atom stereocenters. The average molecular weight is 259 g/mol. The van der Waals surface area contributed by atoms with Gasteiger partial charge in [-0.3, -0.25) is 4.79 Å². The van der Waals surface area contributed by atoms with Gasteiger partial charge in [-0.1, -0.05) is 31.5 Å². The summed E-state index contributed by atoms with van der Waals surface area (Å²) in [5.74, 6) is 1.05. The predicted molar refractivity (Wildman–Crippen MR) is 70.7 cm³/mol. The molecule has 0 radical (unpaired) electrons. The molecular weight excluding hydrogens is 242 g/mol. The summed E-state index contributed by atoms with van der Waals surface area (Å²) in [6.07, 6.45) is 0. The molecule has 1 N–H and O–H groups in total. The van der Waals surface area contributed by atoms with Gasteiger partial charge >= 0.3 is 0 Å². The number of benzene rings is 1. The Morgan fingerprint density at radius 2 is 2.16 bits per heavy atom. The van der Waals surface area contributed by atoms with E-state index < -0.39 is 0 Å². The van der Waals surface area contributed by atoms with E-state index in [0.29, 0.717) is 17.3 Å². The van der Waals surface area contributed by atoms with Crippen molar-refractivity contribution in [3.05, 3.63) is 47.2 Å². The van der Waals surface area contributed by atoms with Gasteiger partial charge in [0.25, 0.3) is 5.91 Å². The third-order valence-corrected chi connectivity index (χ3v) is 2.66. The van der Waals surface area contributed by atoms with Gasteiger partial charge in [0.15, 0.2) is 0 Å². The number of hydrogen-bond donors (Lipinski definition) is 1. The number of hydrogen-bond acceptors (Lipinski definition) is 4. The number of carbonyl (C=O) groups is 1. The monoisotopic (exact) mass is 259 g/mol. The fraction of sp³-hybridized carbons (Fsp3) is 0.357. The van der Waals surface area contributed by atoms with Crippen LogP contribution in [0.1, 0.15) is 47.5 Å². The van der Waals surface area contributed by atoms with E-state index in [9.17, 15) is 4.79 Å². The SMILES string of the molecule is Cc1cccc(C(=O)NCc2nnc(C(C)C)o2)c1. The first-order chi connectivity index (χ1) is 9.06. The number of aromatic nitrogens is 2. The summed E-state index contributed by atoms with van der Waals surface area (Å²) in [5, 5.41) is 10.6. The second-order valence-corrected chi connectivity index (χ2v) is 4.74. The normalized spacial score (nSPS) is 10.7. The fourth-order valence-corrected chi connectivity index (χ4v) is 1.62. The molecule has 1 aromatic carbocycles. The van der Waals surface area contributed by atoms with Gasteiger partial charge < -0.3 is 9.73 Å². The van der Waals surface area contributed by atoms with Crippen LogP contribution in [-0.4, -0.2) is 16.1 Å². The second kappa shape index (κ2) is 5.65. The molecule has 0 fully saturated rings. The van der Waals surface area contributed by atoms with Crippen LogP contribution in [0.15, 0.2) is 28.7 Å². The number of carbonyl (C=O) groups excluding carboxylic acids is 1. The lowest BCUT2D eigenvalue weighted by atomic mass is 10.1. The molecule has 5 heteroatoms. The smallest absolute Gasteiger partial charge is 0.251 e. The molecule has 100 valence electrons. The van der Waals surface area contributed by atoms with Crippen molar-refractivity contribution in [2.75, 3.05) is 0 Å². The zero-order chi connectivity index (χ0) is 13.8. The van der Waals surface area contributed by atoms with Gasteiger partial charge in [-0.15, -0.1) is 10.2 Å². The number of nitrogens with zero attached hydrogens (tertiary/aromatic N) is 2. The number of aryl methyl sites for hydroxylation is 1. The molecule has 0 aliphatic rings. The first-order valence-corrected chi connectivity index (χ1v) is 6.23. The van der Waals surface area contributed by atoms with E-state index in [2.05, 4.69) is 15.5 Å². The van der Waals surface area contributed by atoms with Crippen molar-refractivity contribution in [3.63, 3.8) is 0 Å². The van der Waals surface area contributed by atoms with Crippen molar-refractivity contribution in [1.29, 1.82) is 0 Å². The van der Waals surface area contributed by atoms with Gasteiger partial charge in [0.2, 0.25) is 11.8 Å². The Labute approximate surface area is 112 Å². The Morgan fingerprint density at radius 3 is 2.79 bits per heavy atom. The zero-order valence-electron chi connectivity index (χ0n) is 11.3. The second-order valence-electron chi connectivity index (χ2n) is 4.74. The minimum Gasteiger partial charge on any atom is -0.423 e. The summed E-state index contributed by atoms with van der Waals surface area (Å²) in [6.45, 7) is 6.14. The van der Waals surface area contributed by atoms with Crippen LogP contribution in [0.25, 0.3) is 0 Å². The molecule has 0 aliphatic carbocycles. The van der Waals surface area contributed by atoms with Crippen molar-refractivity contribution < 1.29 is 9.21 Å². The summed E-state index contributed by atoms with van der Waals surface area (Å²) in [5.41, 5.74) is 1.68. The van der Waals surface area contributed by atoms with Crippen LogP contribution >= 0.6 is 0 Å². The van der Waals surface area contributed by atoms with E-state index in [1.165, 1.54) is 0 Å². The summed E-state index contributed by atoms with van der Waals surface area (Å²) >= 11 is 0. The standard InChI is InChI=1S/C14H17N3O2/c1-9(2)14-17-16-12(19-14)8-15-13(18)11-6-4-5-10(3)7-11/h4-7,9H,8H2,1-3H3,(H,15,18). The molecule has 0 bridgehead atoms. The predicted octanol–water partition coefficient (Wildman–Crippen LogP) is 2.43. The fourth-order valence-electron chi connectivity index (χ4n) is 1.62. The van der Waals surface area contributed by atoms with Gasteiger partial charge in [-0.05, 0) is 19.1 Å². The van der Waals surface area contributed by atoms with Crippen LogP contribution in [-0.2, 0) is 6.54 Å². The Hall–Kier alpha value is -2.17. The Kier molecular flexibility index (Phi) is 3.94. The van der Waals surface area contributed by atoms with Crippen molar-refractivity contribution in [1.82, 2.24) is 15.5 Å². The van der Waals surface area contributed by atoms with E-state index in [1.807, 2.05) is 39.0 Å². The number of nitrogens with one attached hydrogen (secondary N) is 1. The highest BCUT2D eigenvalue weighted by atomic mass is 16.4. The van der Waals surface area contributed by atoms with Gasteiger partial charge in [-0.2, -0.15) is 0 Å². The molecule has 0 saturated carbocycles. The molecule has 2 aromatic rings. The van der Waals surface area contributed by atoms with Crippen LogP contribution in [0.5, 0.6) is 0 Å². The molecule has 0 atom stereocenters. The summed E-state index contributed by atoms with van der Waals surface area (Å²) in [6, 6.07) is 7.41. The highest BCUT2D eigenvalue weighted by Crippen LogP contribution is 2.11. The Morgan fingerprint density at radius 1 is 1.37 bits per heavy atom. The van der Waals surface area contributed by atoms with Crippen LogP contribution in [0.2, 0.25) is 0 Å². The number of rotatable bonds is 4. The van der Waals surface area contributed by atoms with E-state index in [0.717, 1.165) is 5.56 Å². The van der Waals surface area contributed by atoms with Gasteiger partial charge in [-0.25, -0.2) is 0 Å². The first kappa shape index (κ1) is 13.3. The topological polar surface area (TPSA) is 68.0 Å². The third-order valence-electron chi connectivity index (χ3n) is 2.66. The molecule has 2 rings (SSSR count). The molecule has 1 heterocycles. The van der Waals surface area contributed by atoms with E-state index in [4.69, 9.17) is 4.42 Å². The van der Waals surface area contributed by atoms with Crippen LogP contribution in [0, 0.1) is 6.92 Å². The zero-order valence-corrected chi connectivity index (χ0v) is 11.3. The Balaban J connectivity index is 1.96. The Bertz CT molecular complexity index is 576. The maximum atomic E-state index is 11.9. The molecular formula is C14H17N3O2. The lowest BCUT2D eigenvalue weighted by molar-refractivity contribution is 0.0947. The molecule has 1 amide bonds. The minimum atomic E-state index is -0.145. The number of amides is 1. The largest absolute Gasteiger partial charge is 0.423 e. The van der Waals surface area contributed by atoms with Crippen LogP contribution in [0.4, 0.5) is 0 Å². The molecule has 5 nitrogen and oxygen atoms in total. The molecule has 0 aliphatic heterocycles. The highest BCUT2D eigenvalue weighted by molar-refractivity contribution is 5.94. The van der Waals surface area contributed by atoms with Gasteiger partial charge in [0.05, 0.1) is 6.54 Å². The third kappa shape index (κ3) is 3.40. The van der Waals surface area contributed by atoms with Crippen molar-refractivity contribution in [2.24, 2.45) is 0 Å². The quantitative estimate of drug-likeness (QED) is 0.915. The van der Waals surface area contributed by atoms with Crippen molar-refractivity contribution in [3.8, 4) is 0 Å². The van der Waals surface area contributed by atoms with Crippen molar-refractivity contribution >= 4 is 5.91 Å². The van der Waals surface area contributed by atoms with Crippen LogP contribution in [0.3, 0.4) is 0 Å². The van der Waals surface area contributed by atoms with Gasteiger partial charge in [0.1, 0.15) is 0 Å². The molecule has 19 heavy (non-hydrogen) atoms. The van der Waals surface area contributed by atoms with E-state index in [-0.39, 0.29) is 18.4 Å². The lowest BCUT2D eigenvalue weighted by Crippen LogP contribution is -2.22. The van der Waals surface area contributed by atoms with Crippen LogP contribution < -0.4 is 5.32 Å². The van der Waals surface area contributed by atoms with Gasteiger partial charge in [0, 0.05) is 11.5 Å². The average Bonchev–Trinajstić information content (AvgIpc) is 2.85. The highest BCUT2D eigenvalue weighted by Gasteiger charge is 2.11. The summed E-state index contributed by atoms with van der Waals surface area (Å²) in [4.78, 5) is 11.9. The summed E-state index contributed by atoms with van der Waals surface area (Å²) in [7, 11) is 0. The van der Waals surface area contributed by atoms with E-state index >= 15 is 0 Å². The molecule has 0 spiro atoms. The lowest BCUT2D eigenvalue weighted by Gasteiger charge is -2.03. The first-order valence-electron chi connectivity index (χ1n) is 6.23. The maximum absolute atomic E-state index is 11.9. The molecule has 1 aromatic heterocycles. The minimum absolute atomic E-state index is 0.145. The summed E-state index contributed by atoms with van der Waals surface area (Å²) < 4.78 is 5.42. The molecule has 0 saturated heterocycles.